The molecule has 3 rings (SSSR count). The minimum atomic E-state index is -1.11. The monoisotopic (exact) mass is 298 g/mol. The number of benzene rings is 2. The molecule has 0 spiro atoms. The summed E-state index contributed by atoms with van der Waals surface area (Å²) in [4.78, 5) is 16.9. The van der Waals surface area contributed by atoms with E-state index >= 15 is 0 Å². The van der Waals surface area contributed by atoms with Gasteiger partial charge >= 0.3 is 0 Å². The summed E-state index contributed by atoms with van der Waals surface area (Å²) in [6.45, 7) is 1.66. The highest BCUT2D eigenvalue weighted by molar-refractivity contribution is 5.77. The van der Waals surface area contributed by atoms with Gasteiger partial charge in [0, 0.05) is 5.56 Å². The minimum absolute atomic E-state index is 0.0383. The molecule has 112 valence electrons. The molecule has 0 aliphatic heterocycles. The standard InChI is InChI=1S/C17H15FN2O2/c1-11-19-15-9-5-3-7-13(15)17(22)20(11)10-16(21)12-6-2-4-8-14(12)18/h2-9,16,21H,10H2,1H3/t16-/m1/s1. The maximum absolute atomic E-state index is 13.7. The average molecular weight is 298 g/mol. The zero-order valence-corrected chi connectivity index (χ0v) is 12.0. The Labute approximate surface area is 126 Å². The third-order valence-electron chi connectivity index (χ3n) is 3.67. The van der Waals surface area contributed by atoms with Crippen LogP contribution in [0.2, 0.25) is 0 Å². The summed E-state index contributed by atoms with van der Waals surface area (Å²) in [7, 11) is 0. The Bertz CT molecular complexity index is 889. The van der Waals surface area contributed by atoms with E-state index in [1.165, 1.54) is 16.7 Å². The molecular weight excluding hydrogens is 283 g/mol. The molecule has 1 heterocycles. The molecule has 22 heavy (non-hydrogen) atoms. The second-order valence-corrected chi connectivity index (χ2v) is 5.13. The lowest BCUT2D eigenvalue weighted by Gasteiger charge is -2.16. The summed E-state index contributed by atoms with van der Waals surface area (Å²) < 4.78 is 15.1. The van der Waals surface area contributed by atoms with Crippen molar-refractivity contribution < 1.29 is 9.50 Å². The molecular formula is C17H15FN2O2. The van der Waals surface area contributed by atoms with E-state index < -0.39 is 11.9 Å². The largest absolute Gasteiger partial charge is 0.386 e. The predicted octanol–water partition coefficient (Wildman–Crippen LogP) is 2.58. The molecule has 0 amide bonds. The van der Waals surface area contributed by atoms with Gasteiger partial charge in [-0.15, -0.1) is 0 Å². The highest BCUT2D eigenvalue weighted by atomic mass is 19.1. The molecule has 0 fully saturated rings. The number of nitrogens with zero attached hydrogens (tertiary/aromatic N) is 2. The van der Waals surface area contributed by atoms with E-state index in [9.17, 15) is 14.3 Å². The van der Waals surface area contributed by atoms with Gasteiger partial charge in [0.15, 0.2) is 0 Å². The average Bonchev–Trinajstić information content (AvgIpc) is 2.51. The van der Waals surface area contributed by atoms with Crippen LogP contribution in [0.25, 0.3) is 10.9 Å². The summed E-state index contributed by atoms with van der Waals surface area (Å²) >= 11 is 0. The Morgan fingerprint density at radius 1 is 1.18 bits per heavy atom. The van der Waals surface area contributed by atoms with E-state index in [4.69, 9.17) is 0 Å². The first-order valence-corrected chi connectivity index (χ1v) is 6.96. The van der Waals surface area contributed by atoms with E-state index in [1.807, 2.05) is 6.07 Å². The lowest BCUT2D eigenvalue weighted by molar-refractivity contribution is 0.149. The number of aromatic nitrogens is 2. The molecule has 0 aliphatic rings. The van der Waals surface area contributed by atoms with E-state index in [0.29, 0.717) is 16.7 Å². The summed E-state index contributed by atoms with van der Waals surface area (Å²) in [6.07, 6.45) is -1.11. The van der Waals surface area contributed by atoms with Crippen molar-refractivity contribution in [3.05, 3.63) is 76.1 Å². The summed E-state index contributed by atoms with van der Waals surface area (Å²) in [5, 5.41) is 10.7. The van der Waals surface area contributed by atoms with Crippen molar-refractivity contribution in [2.45, 2.75) is 19.6 Å². The fourth-order valence-electron chi connectivity index (χ4n) is 2.51. The Morgan fingerprint density at radius 2 is 1.86 bits per heavy atom. The van der Waals surface area contributed by atoms with Crippen LogP contribution in [0.3, 0.4) is 0 Å². The molecule has 1 aromatic heterocycles. The van der Waals surface area contributed by atoms with Gasteiger partial charge in [0.05, 0.1) is 23.6 Å². The topological polar surface area (TPSA) is 55.1 Å². The van der Waals surface area contributed by atoms with Crippen LogP contribution >= 0.6 is 0 Å². The van der Waals surface area contributed by atoms with Crippen molar-refractivity contribution in [2.24, 2.45) is 0 Å². The maximum Gasteiger partial charge on any atom is 0.261 e. The SMILES string of the molecule is Cc1nc2ccccc2c(=O)n1C[C@@H](O)c1ccccc1F. The fraction of sp³-hybridized carbons (Fsp3) is 0.176. The van der Waals surface area contributed by atoms with Gasteiger partial charge < -0.3 is 5.11 Å². The summed E-state index contributed by atoms with van der Waals surface area (Å²) in [5.41, 5.74) is 0.544. The zero-order chi connectivity index (χ0) is 15.7. The summed E-state index contributed by atoms with van der Waals surface area (Å²) in [5.74, 6) is -0.00598. The Kier molecular flexibility index (Phi) is 3.73. The van der Waals surface area contributed by atoms with Crippen LogP contribution in [0.5, 0.6) is 0 Å². The van der Waals surface area contributed by atoms with Crippen molar-refractivity contribution in [2.75, 3.05) is 0 Å². The van der Waals surface area contributed by atoms with Gasteiger partial charge in [0.2, 0.25) is 0 Å². The molecule has 2 aromatic carbocycles. The first kappa shape index (κ1) is 14.4. The Morgan fingerprint density at radius 3 is 2.64 bits per heavy atom. The van der Waals surface area contributed by atoms with Crippen molar-refractivity contribution in [3.8, 4) is 0 Å². The molecule has 1 N–H and O–H groups in total. The quantitative estimate of drug-likeness (QED) is 0.808. The first-order chi connectivity index (χ1) is 10.6. The predicted molar refractivity (Wildman–Crippen MR) is 82.1 cm³/mol. The molecule has 1 atom stereocenters. The second-order valence-electron chi connectivity index (χ2n) is 5.13. The van der Waals surface area contributed by atoms with Crippen LogP contribution < -0.4 is 5.56 Å². The van der Waals surface area contributed by atoms with E-state index in [0.717, 1.165) is 0 Å². The highest BCUT2D eigenvalue weighted by Gasteiger charge is 2.16. The van der Waals surface area contributed by atoms with Crippen molar-refractivity contribution in [1.29, 1.82) is 0 Å². The molecule has 0 bridgehead atoms. The number of aryl methyl sites for hydroxylation is 1. The van der Waals surface area contributed by atoms with Crippen molar-refractivity contribution >= 4 is 10.9 Å². The molecule has 0 saturated carbocycles. The molecule has 0 unspecified atom stereocenters. The normalized spacial score (nSPS) is 12.5. The Balaban J connectivity index is 2.04. The number of hydrogen-bond acceptors (Lipinski definition) is 3. The summed E-state index contributed by atoms with van der Waals surface area (Å²) in [6, 6.07) is 13.0. The van der Waals surface area contributed by atoms with Gasteiger partial charge in [-0.25, -0.2) is 9.37 Å². The highest BCUT2D eigenvalue weighted by Crippen LogP contribution is 2.18. The lowest BCUT2D eigenvalue weighted by atomic mass is 10.1. The molecule has 0 aliphatic carbocycles. The molecule has 5 heteroatoms. The number of para-hydroxylation sites is 1. The van der Waals surface area contributed by atoms with E-state index in [-0.39, 0.29) is 17.7 Å². The van der Waals surface area contributed by atoms with Gasteiger partial charge in [0.25, 0.3) is 5.56 Å². The maximum atomic E-state index is 13.7. The number of rotatable bonds is 3. The van der Waals surface area contributed by atoms with Gasteiger partial charge in [-0.2, -0.15) is 0 Å². The van der Waals surface area contributed by atoms with Gasteiger partial charge in [0.1, 0.15) is 11.6 Å². The Hall–Kier alpha value is -2.53. The number of aliphatic hydroxyl groups is 1. The second kappa shape index (κ2) is 5.69. The lowest BCUT2D eigenvalue weighted by Crippen LogP contribution is -2.27. The van der Waals surface area contributed by atoms with Crippen LogP contribution in [-0.4, -0.2) is 14.7 Å². The first-order valence-electron chi connectivity index (χ1n) is 6.96. The molecule has 3 aromatic rings. The van der Waals surface area contributed by atoms with Crippen LogP contribution in [0.4, 0.5) is 4.39 Å². The third-order valence-corrected chi connectivity index (χ3v) is 3.67. The molecule has 0 saturated heterocycles. The molecule has 0 radical (unpaired) electrons. The van der Waals surface area contributed by atoms with Gasteiger partial charge in [-0.1, -0.05) is 30.3 Å². The minimum Gasteiger partial charge on any atom is -0.386 e. The molecule has 4 nitrogen and oxygen atoms in total. The van der Waals surface area contributed by atoms with Crippen molar-refractivity contribution in [1.82, 2.24) is 9.55 Å². The van der Waals surface area contributed by atoms with E-state index in [2.05, 4.69) is 4.98 Å². The van der Waals surface area contributed by atoms with Crippen molar-refractivity contribution in [3.63, 3.8) is 0 Å². The van der Waals surface area contributed by atoms with Crippen LogP contribution in [0.15, 0.2) is 53.3 Å². The number of hydrogen-bond donors (Lipinski definition) is 1. The van der Waals surface area contributed by atoms with Gasteiger partial charge in [-0.3, -0.25) is 9.36 Å². The van der Waals surface area contributed by atoms with Crippen LogP contribution in [0.1, 0.15) is 17.5 Å². The third kappa shape index (κ3) is 2.51. The van der Waals surface area contributed by atoms with Crippen LogP contribution in [-0.2, 0) is 6.54 Å². The van der Waals surface area contributed by atoms with E-state index in [1.54, 1.807) is 37.3 Å². The fourth-order valence-corrected chi connectivity index (χ4v) is 2.51. The number of fused-ring (bicyclic) bond motifs is 1. The number of aliphatic hydroxyl groups excluding tert-OH is 1. The smallest absolute Gasteiger partial charge is 0.261 e. The van der Waals surface area contributed by atoms with Crippen LogP contribution in [0, 0.1) is 12.7 Å². The number of halogens is 1. The van der Waals surface area contributed by atoms with Gasteiger partial charge in [-0.05, 0) is 25.1 Å². The zero-order valence-electron chi connectivity index (χ0n) is 12.0.